The quantitative estimate of drug-likeness (QED) is 0.303. The highest BCUT2D eigenvalue weighted by atomic mass is 16.5. The molecule has 1 N–H and O–H groups in total. The predicted octanol–water partition coefficient (Wildman–Crippen LogP) is 4.25. The number of carbonyl (C=O) groups excluding carboxylic acids is 2. The number of Topliss-reactive ketones (excluding diaryl/α,β-unsaturated/α-hetero) is 1. The standard InChI is InChI=1S/C27H34N2O5/c1-5-17-34-22-10-8-9-20(18-22)25(30)23-24(19-11-13-21(33-4)14-12-19)29(27(32)26(23)31)16-15-28(6-2)7-3/h8-14,18,24,30H,5-7,15-17H2,1-4H3/b25-23+. The molecule has 0 aromatic heterocycles. The first-order chi connectivity index (χ1) is 16.4. The van der Waals surface area contributed by atoms with Crippen LogP contribution >= 0.6 is 0 Å². The molecule has 2 aromatic carbocycles. The van der Waals surface area contributed by atoms with Crippen LogP contribution in [0.1, 0.15) is 44.4 Å². The second-order valence-corrected chi connectivity index (χ2v) is 8.17. The van der Waals surface area contributed by atoms with E-state index in [4.69, 9.17) is 9.47 Å². The van der Waals surface area contributed by atoms with Crippen LogP contribution in [0.4, 0.5) is 0 Å². The highest BCUT2D eigenvalue weighted by Crippen LogP contribution is 2.40. The predicted molar refractivity (Wildman–Crippen MR) is 132 cm³/mol. The lowest BCUT2D eigenvalue weighted by atomic mass is 9.95. The van der Waals surface area contributed by atoms with Crippen LogP contribution in [0.25, 0.3) is 5.76 Å². The van der Waals surface area contributed by atoms with Crippen molar-refractivity contribution < 1.29 is 24.2 Å². The van der Waals surface area contributed by atoms with E-state index in [9.17, 15) is 14.7 Å². The Kier molecular flexibility index (Phi) is 8.71. The summed E-state index contributed by atoms with van der Waals surface area (Å²) in [5.41, 5.74) is 1.26. The van der Waals surface area contributed by atoms with Crippen molar-refractivity contribution in [2.24, 2.45) is 0 Å². The molecule has 7 nitrogen and oxygen atoms in total. The molecule has 0 radical (unpaired) electrons. The van der Waals surface area contributed by atoms with Crippen LogP contribution in [0.15, 0.2) is 54.1 Å². The van der Waals surface area contributed by atoms with Gasteiger partial charge in [0, 0.05) is 18.7 Å². The number of rotatable bonds is 11. The number of benzene rings is 2. The first-order valence-corrected chi connectivity index (χ1v) is 11.8. The fraction of sp³-hybridized carbons (Fsp3) is 0.407. The Balaban J connectivity index is 2.07. The zero-order valence-corrected chi connectivity index (χ0v) is 20.4. The zero-order chi connectivity index (χ0) is 24.7. The van der Waals surface area contributed by atoms with Gasteiger partial charge in [-0.3, -0.25) is 9.59 Å². The van der Waals surface area contributed by atoms with Crippen molar-refractivity contribution in [3.63, 3.8) is 0 Å². The van der Waals surface area contributed by atoms with Gasteiger partial charge in [-0.25, -0.2) is 0 Å². The van der Waals surface area contributed by atoms with E-state index < -0.39 is 17.7 Å². The summed E-state index contributed by atoms with van der Waals surface area (Å²) in [6, 6.07) is 13.5. The van der Waals surface area contributed by atoms with Crippen LogP contribution in [0.2, 0.25) is 0 Å². The molecule has 0 aliphatic carbocycles. The summed E-state index contributed by atoms with van der Waals surface area (Å²) >= 11 is 0. The third kappa shape index (κ3) is 5.42. The van der Waals surface area contributed by atoms with Crippen LogP contribution in [0.3, 0.4) is 0 Å². The van der Waals surface area contributed by atoms with Gasteiger partial charge in [0.15, 0.2) is 0 Å². The van der Waals surface area contributed by atoms with Gasteiger partial charge in [0.1, 0.15) is 17.3 Å². The van der Waals surface area contributed by atoms with E-state index in [2.05, 4.69) is 18.7 Å². The SMILES string of the molecule is CCCOc1cccc(/C(O)=C2\C(=O)C(=O)N(CCN(CC)CC)C2c2ccc(OC)cc2)c1. The van der Waals surface area contributed by atoms with E-state index in [1.807, 2.05) is 19.1 Å². The summed E-state index contributed by atoms with van der Waals surface area (Å²) < 4.78 is 11.0. The van der Waals surface area contributed by atoms with Gasteiger partial charge in [-0.1, -0.05) is 45.0 Å². The largest absolute Gasteiger partial charge is 0.507 e. The molecule has 3 rings (SSSR count). The Bertz CT molecular complexity index is 1030. The number of carbonyl (C=O) groups is 2. The Morgan fingerprint density at radius 1 is 1.03 bits per heavy atom. The lowest BCUT2D eigenvalue weighted by Crippen LogP contribution is -2.38. The number of nitrogens with zero attached hydrogens (tertiary/aromatic N) is 2. The van der Waals surface area contributed by atoms with Gasteiger partial charge in [0.2, 0.25) is 0 Å². The molecule has 0 bridgehead atoms. The average Bonchev–Trinajstić information content (AvgIpc) is 3.12. The molecule has 1 fully saturated rings. The lowest BCUT2D eigenvalue weighted by molar-refractivity contribution is -0.140. The molecule has 182 valence electrons. The molecule has 1 amide bonds. The second-order valence-electron chi connectivity index (χ2n) is 8.17. The van der Waals surface area contributed by atoms with Crippen molar-refractivity contribution in [3.8, 4) is 11.5 Å². The smallest absolute Gasteiger partial charge is 0.295 e. The maximum atomic E-state index is 13.2. The fourth-order valence-corrected chi connectivity index (χ4v) is 4.14. The molecule has 1 unspecified atom stereocenters. The van der Waals surface area contributed by atoms with Crippen LogP contribution in [-0.4, -0.2) is 66.5 Å². The van der Waals surface area contributed by atoms with E-state index in [-0.39, 0.29) is 11.3 Å². The third-order valence-corrected chi connectivity index (χ3v) is 6.10. The van der Waals surface area contributed by atoms with E-state index in [0.29, 0.717) is 36.8 Å². The molecule has 1 atom stereocenters. The second kappa shape index (κ2) is 11.7. The van der Waals surface area contributed by atoms with Crippen molar-refractivity contribution >= 4 is 17.4 Å². The minimum Gasteiger partial charge on any atom is -0.507 e. The number of likely N-dealkylation sites (N-methyl/N-ethyl adjacent to an activating group) is 1. The van der Waals surface area contributed by atoms with E-state index in [1.165, 1.54) is 0 Å². The van der Waals surface area contributed by atoms with E-state index in [1.54, 1.807) is 48.4 Å². The maximum absolute atomic E-state index is 13.2. The molecular weight excluding hydrogens is 432 g/mol. The number of hydrogen-bond donors (Lipinski definition) is 1. The molecule has 2 aromatic rings. The minimum absolute atomic E-state index is 0.0855. The van der Waals surface area contributed by atoms with Gasteiger partial charge in [-0.05, 0) is 49.3 Å². The maximum Gasteiger partial charge on any atom is 0.295 e. The summed E-state index contributed by atoms with van der Waals surface area (Å²) in [4.78, 5) is 30.1. The molecule has 0 spiro atoms. The molecule has 1 saturated heterocycles. The Labute approximate surface area is 201 Å². The molecule has 1 aliphatic heterocycles. The van der Waals surface area contributed by atoms with Crippen molar-refractivity contribution in [1.29, 1.82) is 0 Å². The van der Waals surface area contributed by atoms with Crippen LogP contribution < -0.4 is 9.47 Å². The Morgan fingerprint density at radius 2 is 1.74 bits per heavy atom. The summed E-state index contributed by atoms with van der Waals surface area (Å²) in [5, 5.41) is 11.3. The summed E-state index contributed by atoms with van der Waals surface area (Å²) in [6.07, 6.45) is 0.853. The molecule has 34 heavy (non-hydrogen) atoms. The van der Waals surface area contributed by atoms with Gasteiger partial charge < -0.3 is 24.4 Å². The Hall–Kier alpha value is -3.32. The van der Waals surface area contributed by atoms with Crippen LogP contribution in [-0.2, 0) is 9.59 Å². The van der Waals surface area contributed by atoms with Gasteiger partial charge in [0.25, 0.3) is 11.7 Å². The highest BCUT2D eigenvalue weighted by Gasteiger charge is 2.46. The van der Waals surface area contributed by atoms with Crippen molar-refractivity contribution in [1.82, 2.24) is 9.80 Å². The van der Waals surface area contributed by atoms with Gasteiger partial charge in [-0.2, -0.15) is 0 Å². The topological polar surface area (TPSA) is 79.3 Å². The molecular formula is C27H34N2O5. The normalized spacial score (nSPS) is 17.4. The molecule has 7 heteroatoms. The van der Waals surface area contributed by atoms with Crippen molar-refractivity contribution in [2.45, 2.75) is 33.2 Å². The number of aliphatic hydroxyl groups excluding tert-OH is 1. The molecule has 1 aliphatic rings. The van der Waals surface area contributed by atoms with Gasteiger partial charge in [0.05, 0.1) is 25.3 Å². The number of likely N-dealkylation sites (tertiary alicyclic amines) is 1. The number of ether oxygens (including phenoxy) is 2. The Morgan fingerprint density at radius 3 is 2.35 bits per heavy atom. The third-order valence-electron chi connectivity index (χ3n) is 6.10. The average molecular weight is 467 g/mol. The highest BCUT2D eigenvalue weighted by molar-refractivity contribution is 6.46. The molecule has 1 heterocycles. The summed E-state index contributed by atoms with van der Waals surface area (Å²) in [5.74, 6) is -0.218. The first-order valence-electron chi connectivity index (χ1n) is 11.8. The van der Waals surface area contributed by atoms with E-state index in [0.717, 1.165) is 25.1 Å². The first kappa shape index (κ1) is 25.3. The van der Waals surface area contributed by atoms with Gasteiger partial charge in [-0.15, -0.1) is 0 Å². The van der Waals surface area contributed by atoms with Crippen molar-refractivity contribution in [3.05, 3.63) is 65.2 Å². The zero-order valence-electron chi connectivity index (χ0n) is 20.4. The van der Waals surface area contributed by atoms with Crippen LogP contribution in [0, 0.1) is 0 Å². The fourth-order valence-electron chi connectivity index (χ4n) is 4.14. The lowest BCUT2D eigenvalue weighted by Gasteiger charge is -2.28. The minimum atomic E-state index is -0.693. The van der Waals surface area contributed by atoms with Crippen molar-refractivity contribution in [2.75, 3.05) is 39.9 Å². The van der Waals surface area contributed by atoms with E-state index >= 15 is 0 Å². The summed E-state index contributed by atoms with van der Waals surface area (Å²) in [6.45, 7) is 9.38. The number of amides is 1. The number of hydrogen-bond acceptors (Lipinski definition) is 6. The monoisotopic (exact) mass is 466 g/mol. The van der Waals surface area contributed by atoms with Crippen LogP contribution in [0.5, 0.6) is 11.5 Å². The van der Waals surface area contributed by atoms with Gasteiger partial charge >= 0.3 is 0 Å². The summed E-state index contributed by atoms with van der Waals surface area (Å²) in [7, 11) is 1.58. The molecule has 0 saturated carbocycles. The number of methoxy groups -OCH3 is 1. The number of ketones is 1. The number of aliphatic hydroxyl groups is 1.